The Bertz CT molecular complexity index is 388. The number of hydrogen-bond acceptors (Lipinski definition) is 2. The predicted molar refractivity (Wildman–Crippen MR) is 65.8 cm³/mol. The summed E-state index contributed by atoms with van der Waals surface area (Å²) in [6.07, 6.45) is 2.65. The minimum Gasteiger partial charge on any atom is -0.459 e. The minimum atomic E-state index is 0.0244. The number of halogens is 1. The summed E-state index contributed by atoms with van der Waals surface area (Å²) in [4.78, 5) is 14.2. The van der Waals surface area contributed by atoms with E-state index >= 15 is 0 Å². The smallest absolute Gasteiger partial charge is 0.290 e. The molecule has 0 radical (unpaired) electrons. The van der Waals surface area contributed by atoms with Crippen molar-refractivity contribution in [2.24, 2.45) is 5.92 Å². The van der Waals surface area contributed by atoms with E-state index < -0.39 is 0 Å². The van der Waals surface area contributed by atoms with Gasteiger partial charge >= 0.3 is 0 Å². The zero-order valence-corrected chi connectivity index (χ0v) is 11.2. The summed E-state index contributed by atoms with van der Waals surface area (Å²) in [5.74, 6) is 1.06. The van der Waals surface area contributed by atoms with Gasteiger partial charge in [-0.3, -0.25) is 4.79 Å². The molecular formula is C12H16BrNO2. The fraction of sp³-hybridized carbons (Fsp3) is 0.583. The third-order valence-electron chi connectivity index (χ3n) is 3.36. The first-order valence-electron chi connectivity index (χ1n) is 5.56. The first kappa shape index (κ1) is 11.7. The largest absolute Gasteiger partial charge is 0.459 e. The zero-order chi connectivity index (χ0) is 11.7. The lowest BCUT2D eigenvalue weighted by molar-refractivity contribution is 0.0705. The Hall–Kier alpha value is -0.770. The Morgan fingerprint density at radius 2 is 2.44 bits per heavy atom. The lowest BCUT2D eigenvalue weighted by atomic mass is 10.1. The summed E-state index contributed by atoms with van der Waals surface area (Å²) in [5.41, 5.74) is 0.915. The number of furan rings is 1. The average molecular weight is 286 g/mol. The zero-order valence-electron chi connectivity index (χ0n) is 9.57. The highest BCUT2D eigenvalue weighted by molar-refractivity contribution is 9.09. The van der Waals surface area contributed by atoms with Crippen LogP contribution in [0.5, 0.6) is 0 Å². The topological polar surface area (TPSA) is 33.5 Å². The molecule has 2 heterocycles. The van der Waals surface area contributed by atoms with Gasteiger partial charge in [0.25, 0.3) is 5.91 Å². The van der Waals surface area contributed by atoms with Crippen LogP contribution in [0.15, 0.2) is 16.7 Å². The molecule has 1 saturated heterocycles. The number of carbonyl (C=O) groups excluding carboxylic acids is 1. The molecule has 4 heteroatoms. The van der Waals surface area contributed by atoms with Crippen LogP contribution in [0.4, 0.5) is 0 Å². The van der Waals surface area contributed by atoms with E-state index in [1.165, 1.54) is 0 Å². The first-order chi connectivity index (χ1) is 7.65. The Labute approximate surface area is 104 Å². The summed E-state index contributed by atoms with van der Waals surface area (Å²) >= 11 is 3.48. The van der Waals surface area contributed by atoms with Crippen molar-refractivity contribution in [2.75, 3.05) is 11.9 Å². The maximum absolute atomic E-state index is 12.3. The van der Waals surface area contributed by atoms with Gasteiger partial charge < -0.3 is 9.32 Å². The van der Waals surface area contributed by atoms with Crippen LogP contribution >= 0.6 is 15.9 Å². The number of amides is 1. The third kappa shape index (κ3) is 1.90. The molecule has 2 atom stereocenters. The van der Waals surface area contributed by atoms with Crippen LogP contribution in [0.1, 0.15) is 29.5 Å². The molecule has 16 heavy (non-hydrogen) atoms. The molecule has 1 aromatic heterocycles. The van der Waals surface area contributed by atoms with Gasteiger partial charge in [0.2, 0.25) is 0 Å². The lowest BCUT2D eigenvalue weighted by Crippen LogP contribution is -2.38. The van der Waals surface area contributed by atoms with E-state index in [-0.39, 0.29) is 11.9 Å². The van der Waals surface area contributed by atoms with E-state index in [0.717, 1.165) is 23.9 Å². The van der Waals surface area contributed by atoms with Crippen molar-refractivity contribution < 1.29 is 9.21 Å². The summed E-state index contributed by atoms with van der Waals surface area (Å²) < 4.78 is 5.26. The fourth-order valence-corrected chi connectivity index (χ4v) is 3.21. The molecule has 3 nitrogen and oxygen atoms in total. The normalized spacial score (nSPS) is 25.1. The van der Waals surface area contributed by atoms with Crippen LogP contribution in [0, 0.1) is 12.8 Å². The van der Waals surface area contributed by atoms with Gasteiger partial charge in [0.05, 0.1) is 6.26 Å². The average Bonchev–Trinajstić information content (AvgIpc) is 2.83. The SMILES string of the molecule is Cc1ccoc1C(=O)N1CCC(C)C1CBr. The lowest BCUT2D eigenvalue weighted by Gasteiger charge is -2.24. The molecule has 2 unspecified atom stereocenters. The van der Waals surface area contributed by atoms with Crippen LogP contribution in [0.3, 0.4) is 0 Å². The van der Waals surface area contributed by atoms with E-state index in [1.807, 2.05) is 17.9 Å². The van der Waals surface area contributed by atoms with E-state index in [4.69, 9.17) is 4.42 Å². The predicted octanol–water partition coefficient (Wildman–Crippen LogP) is 2.83. The number of hydrogen-bond donors (Lipinski definition) is 0. The molecule has 0 bridgehead atoms. The molecule has 2 rings (SSSR count). The standard InChI is InChI=1S/C12H16BrNO2/c1-8-3-5-14(10(8)7-13)12(15)11-9(2)4-6-16-11/h4,6,8,10H,3,5,7H2,1-2H3. The number of alkyl halides is 1. The maximum Gasteiger partial charge on any atom is 0.290 e. The summed E-state index contributed by atoms with van der Waals surface area (Å²) in [5, 5.41) is 0.833. The van der Waals surface area contributed by atoms with Crippen molar-refractivity contribution >= 4 is 21.8 Å². The molecule has 88 valence electrons. The summed E-state index contributed by atoms with van der Waals surface area (Å²) in [7, 11) is 0. The molecular weight excluding hydrogens is 270 g/mol. The molecule has 0 spiro atoms. The molecule has 1 amide bonds. The van der Waals surface area contributed by atoms with E-state index in [9.17, 15) is 4.79 Å². The Morgan fingerprint density at radius 3 is 3.00 bits per heavy atom. The molecule has 1 aromatic rings. The second kappa shape index (κ2) is 4.62. The number of rotatable bonds is 2. The highest BCUT2D eigenvalue weighted by Gasteiger charge is 2.35. The second-order valence-corrected chi connectivity index (χ2v) is 5.07. The Balaban J connectivity index is 2.20. The van der Waals surface area contributed by atoms with Gasteiger partial charge in [-0.05, 0) is 25.3 Å². The van der Waals surface area contributed by atoms with Crippen molar-refractivity contribution in [3.63, 3.8) is 0 Å². The molecule has 1 fully saturated rings. The van der Waals surface area contributed by atoms with Crippen LogP contribution in [-0.4, -0.2) is 28.7 Å². The third-order valence-corrected chi connectivity index (χ3v) is 4.02. The van der Waals surface area contributed by atoms with Gasteiger partial charge in [0.15, 0.2) is 5.76 Å². The number of aryl methyl sites for hydroxylation is 1. The molecule has 1 aliphatic heterocycles. The summed E-state index contributed by atoms with van der Waals surface area (Å²) in [6, 6.07) is 2.12. The number of likely N-dealkylation sites (tertiary alicyclic amines) is 1. The fourth-order valence-electron chi connectivity index (χ4n) is 2.22. The van der Waals surface area contributed by atoms with Gasteiger partial charge in [-0.25, -0.2) is 0 Å². The van der Waals surface area contributed by atoms with E-state index in [2.05, 4.69) is 22.9 Å². The number of carbonyl (C=O) groups is 1. The highest BCUT2D eigenvalue weighted by Crippen LogP contribution is 2.27. The van der Waals surface area contributed by atoms with Gasteiger partial charge in [0.1, 0.15) is 0 Å². The molecule has 0 N–H and O–H groups in total. The van der Waals surface area contributed by atoms with Gasteiger partial charge in [0, 0.05) is 23.5 Å². The van der Waals surface area contributed by atoms with Crippen molar-refractivity contribution in [3.8, 4) is 0 Å². The van der Waals surface area contributed by atoms with Crippen LogP contribution in [0.25, 0.3) is 0 Å². The number of nitrogens with zero attached hydrogens (tertiary/aromatic N) is 1. The van der Waals surface area contributed by atoms with Gasteiger partial charge in [-0.15, -0.1) is 0 Å². The van der Waals surface area contributed by atoms with Crippen LogP contribution in [-0.2, 0) is 0 Å². The quantitative estimate of drug-likeness (QED) is 0.783. The highest BCUT2D eigenvalue weighted by atomic mass is 79.9. The second-order valence-electron chi connectivity index (χ2n) is 4.42. The monoisotopic (exact) mass is 285 g/mol. The first-order valence-corrected chi connectivity index (χ1v) is 6.68. The van der Waals surface area contributed by atoms with Crippen LogP contribution < -0.4 is 0 Å². The summed E-state index contributed by atoms with van der Waals surface area (Å²) in [6.45, 7) is 4.92. The molecule has 0 saturated carbocycles. The van der Waals surface area contributed by atoms with Crippen LogP contribution in [0.2, 0.25) is 0 Å². The Kier molecular flexibility index (Phi) is 3.38. The van der Waals surface area contributed by atoms with Gasteiger partial charge in [-0.2, -0.15) is 0 Å². The minimum absolute atomic E-state index is 0.0244. The van der Waals surface area contributed by atoms with E-state index in [1.54, 1.807) is 6.26 Å². The van der Waals surface area contributed by atoms with Crippen molar-refractivity contribution in [3.05, 3.63) is 23.7 Å². The van der Waals surface area contributed by atoms with Gasteiger partial charge in [-0.1, -0.05) is 22.9 Å². The molecule has 0 aliphatic carbocycles. The molecule has 0 aromatic carbocycles. The molecule has 1 aliphatic rings. The van der Waals surface area contributed by atoms with Crippen molar-refractivity contribution in [1.82, 2.24) is 4.90 Å². The van der Waals surface area contributed by atoms with Crippen molar-refractivity contribution in [1.29, 1.82) is 0 Å². The Morgan fingerprint density at radius 1 is 1.69 bits per heavy atom. The maximum atomic E-state index is 12.3. The van der Waals surface area contributed by atoms with Crippen molar-refractivity contribution in [2.45, 2.75) is 26.3 Å². The van der Waals surface area contributed by atoms with E-state index in [0.29, 0.717) is 11.7 Å².